The normalized spacial score (nSPS) is 30.5. The van der Waals surface area contributed by atoms with Crippen LogP contribution in [0.25, 0.3) is 0 Å². The molecule has 5 N–H and O–H groups in total. The van der Waals surface area contributed by atoms with E-state index >= 15 is 0 Å². The maximum atomic E-state index is 13.0. The van der Waals surface area contributed by atoms with E-state index in [9.17, 15) is 33.3 Å². The zero-order valence-corrected chi connectivity index (χ0v) is 19.9. The number of thiazole rings is 1. The number of carboxylic acid groups (broad SMARTS) is 2. The number of rotatable bonds is 7. The van der Waals surface area contributed by atoms with Crippen LogP contribution in [0.5, 0.6) is 0 Å². The second-order valence-corrected chi connectivity index (χ2v) is 10.9. The fourth-order valence-electron chi connectivity index (χ4n) is 3.94. The van der Waals surface area contributed by atoms with Crippen LogP contribution >= 0.6 is 22.9 Å². The first kappa shape index (κ1) is 24.8. The van der Waals surface area contributed by atoms with E-state index in [-0.39, 0.29) is 27.3 Å². The molecule has 1 aromatic rings. The molecule has 0 unspecified atom stereocenters. The number of aliphatic carboxylic acids is 2. The maximum Gasteiger partial charge on any atom is 0.370 e. The van der Waals surface area contributed by atoms with E-state index in [4.69, 9.17) is 32.0 Å². The molecular weight excluding hydrogens is 534 g/mol. The Hall–Kier alpha value is -3.31. The van der Waals surface area contributed by atoms with Crippen LogP contribution in [-0.4, -0.2) is 88.7 Å². The molecule has 0 aromatic carbocycles. The van der Waals surface area contributed by atoms with Crippen molar-refractivity contribution in [2.45, 2.75) is 36.6 Å². The van der Waals surface area contributed by atoms with Crippen molar-refractivity contribution in [3.8, 4) is 0 Å². The monoisotopic (exact) mass is 549 g/mol. The molecule has 188 valence electrons. The standard InChI is InChI=1S/C17H16ClN5O10S2/c1-4(14(27)28)33-22-8(7-10(18)34-16(19)21-7)11(25)20-9-12(26)23-13(9)35(31)3-5-2-6(24)32-17(5,23)15(29)30/h4-5,9,13H,2-3H2,1H3,(H2,19,21)(H,20,25)(H,27,28)(H,29,30)/b22-8-/t4-,5+,9-,13-,17-,35+/m1/s1. The summed E-state index contributed by atoms with van der Waals surface area (Å²) in [5.74, 6) is -7.19. The van der Waals surface area contributed by atoms with E-state index in [1.54, 1.807) is 0 Å². The van der Waals surface area contributed by atoms with Crippen LogP contribution in [0.15, 0.2) is 5.16 Å². The van der Waals surface area contributed by atoms with Gasteiger partial charge in [-0.3, -0.25) is 23.5 Å². The van der Waals surface area contributed by atoms with Gasteiger partial charge in [0.25, 0.3) is 17.5 Å². The number of hydrogen-bond acceptors (Lipinski definition) is 12. The average Bonchev–Trinajstić information content (AvgIpc) is 3.28. The minimum atomic E-state index is -2.32. The number of carbonyl (C=O) groups is 5. The third-order valence-corrected chi connectivity index (χ3v) is 8.39. The minimum absolute atomic E-state index is 0.0476. The molecule has 0 spiro atoms. The molecule has 18 heteroatoms. The number of nitrogens with zero attached hydrogens (tertiary/aromatic N) is 3. The molecule has 3 saturated heterocycles. The van der Waals surface area contributed by atoms with Crippen molar-refractivity contribution in [1.82, 2.24) is 15.2 Å². The lowest BCUT2D eigenvalue weighted by Crippen LogP contribution is -2.83. The van der Waals surface area contributed by atoms with Gasteiger partial charge in [-0.15, -0.1) is 0 Å². The van der Waals surface area contributed by atoms with Crippen molar-refractivity contribution in [3.05, 3.63) is 10.0 Å². The van der Waals surface area contributed by atoms with Crippen molar-refractivity contribution in [3.63, 3.8) is 0 Å². The van der Waals surface area contributed by atoms with E-state index in [1.165, 1.54) is 0 Å². The Balaban J connectivity index is 1.62. The van der Waals surface area contributed by atoms with Crippen molar-refractivity contribution in [2.75, 3.05) is 11.5 Å². The predicted molar refractivity (Wildman–Crippen MR) is 116 cm³/mol. The molecular formula is C17H16ClN5O10S2. The van der Waals surface area contributed by atoms with Gasteiger partial charge in [0, 0.05) is 16.6 Å². The Morgan fingerprint density at radius 1 is 1.43 bits per heavy atom. The van der Waals surface area contributed by atoms with Gasteiger partial charge in [0.05, 0.1) is 12.3 Å². The van der Waals surface area contributed by atoms with Gasteiger partial charge in [-0.1, -0.05) is 28.1 Å². The number of nitrogen functional groups attached to an aromatic ring is 1. The zero-order chi connectivity index (χ0) is 25.8. The van der Waals surface area contributed by atoms with E-state index in [2.05, 4.69) is 15.5 Å². The van der Waals surface area contributed by atoms with Gasteiger partial charge in [-0.25, -0.2) is 14.6 Å². The summed E-state index contributed by atoms with van der Waals surface area (Å²) in [7, 11) is -1.85. The highest BCUT2D eigenvalue weighted by atomic mass is 35.5. The summed E-state index contributed by atoms with van der Waals surface area (Å²) < 4.78 is 17.8. The Labute approximate surface area is 206 Å². The topological polar surface area (TPSA) is 228 Å². The Bertz CT molecular complexity index is 1220. The highest BCUT2D eigenvalue weighted by molar-refractivity contribution is 7.85. The van der Waals surface area contributed by atoms with Gasteiger partial charge >= 0.3 is 17.9 Å². The molecule has 0 radical (unpaired) electrons. The van der Waals surface area contributed by atoms with Gasteiger partial charge in [0.15, 0.2) is 10.8 Å². The molecule has 3 fully saturated rings. The van der Waals surface area contributed by atoms with Crippen molar-refractivity contribution < 1.29 is 48.0 Å². The number of nitrogens with two attached hydrogens (primary N) is 1. The Morgan fingerprint density at radius 3 is 2.69 bits per heavy atom. The molecule has 4 heterocycles. The number of amides is 2. The SMILES string of the molecule is C[C@@H](O/N=C(\C(=O)N[C@@H]1C(=O)N2[C@@H]1[S@@](=O)C[C@@H]1CC(=O)O[C@@]12C(=O)O)c1nc(N)sc1Cl)C(=O)O. The lowest BCUT2D eigenvalue weighted by Gasteiger charge is -2.56. The largest absolute Gasteiger partial charge is 0.478 e. The third-order valence-electron chi connectivity index (χ3n) is 5.56. The van der Waals surface area contributed by atoms with Gasteiger partial charge in [-0.2, -0.15) is 0 Å². The molecule has 2 amide bonds. The average molecular weight is 550 g/mol. The van der Waals surface area contributed by atoms with Gasteiger partial charge < -0.3 is 30.8 Å². The third kappa shape index (κ3) is 3.88. The fourth-order valence-corrected chi connectivity index (χ4v) is 6.78. The van der Waals surface area contributed by atoms with Crippen LogP contribution in [0.2, 0.25) is 4.34 Å². The first-order valence-corrected chi connectivity index (χ1v) is 12.3. The number of halogens is 1. The summed E-state index contributed by atoms with van der Waals surface area (Å²) in [6, 6.07) is -1.48. The lowest BCUT2D eigenvalue weighted by molar-refractivity contribution is -0.216. The summed E-state index contributed by atoms with van der Waals surface area (Å²) in [5, 5.41) is 23.2. The molecule has 0 bridgehead atoms. The molecule has 4 rings (SSSR count). The Morgan fingerprint density at radius 2 is 2.11 bits per heavy atom. The number of aromatic nitrogens is 1. The minimum Gasteiger partial charge on any atom is -0.478 e. The number of carbonyl (C=O) groups excluding carboxylic acids is 3. The van der Waals surface area contributed by atoms with E-state index in [0.717, 1.165) is 18.3 Å². The van der Waals surface area contributed by atoms with Gasteiger partial charge in [0.1, 0.15) is 21.4 Å². The second kappa shape index (κ2) is 8.72. The van der Waals surface area contributed by atoms with Crippen LogP contribution in [0, 0.1) is 5.92 Å². The number of β-lactam (4-membered cyclic amide) rings is 1. The zero-order valence-electron chi connectivity index (χ0n) is 17.5. The van der Waals surface area contributed by atoms with Crippen LogP contribution < -0.4 is 11.1 Å². The van der Waals surface area contributed by atoms with Crippen LogP contribution in [0.1, 0.15) is 19.0 Å². The number of ether oxygens (including phenoxy) is 1. The van der Waals surface area contributed by atoms with Crippen LogP contribution in [0.4, 0.5) is 5.13 Å². The van der Waals surface area contributed by atoms with Crippen LogP contribution in [0.3, 0.4) is 0 Å². The number of esters is 1. The number of carboxylic acids is 2. The Kier molecular flexibility index (Phi) is 6.18. The summed E-state index contributed by atoms with van der Waals surface area (Å²) in [5.41, 5.74) is 2.39. The maximum absolute atomic E-state index is 13.0. The van der Waals surface area contributed by atoms with E-state index in [1.807, 2.05) is 0 Å². The van der Waals surface area contributed by atoms with Crippen molar-refractivity contribution in [1.29, 1.82) is 0 Å². The second-order valence-electron chi connectivity index (χ2n) is 7.67. The predicted octanol–water partition coefficient (Wildman–Crippen LogP) is -1.67. The lowest BCUT2D eigenvalue weighted by atomic mass is 9.89. The smallest absolute Gasteiger partial charge is 0.370 e. The summed E-state index contributed by atoms with van der Waals surface area (Å²) in [4.78, 5) is 70.2. The number of anilines is 1. The molecule has 0 saturated carbocycles. The van der Waals surface area contributed by atoms with Crippen LogP contribution in [-0.2, 0) is 44.3 Å². The number of fused-ring (bicyclic) bond motifs is 3. The van der Waals surface area contributed by atoms with Crippen molar-refractivity contribution in [2.24, 2.45) is 11.1 Å². The van der Waals surface area contributed by atoms with Crippen molar-refractivity contribution >= 4 is 74.3 Å². The molecule has 1 aromatic heterocycles. The summed E-state index contributed by atoms with van der Waals surface area (Å²) in [6.07, 6.45) is -1.80. The molecule has 6 atom stereocenters. The quantitative estimate of drug-likeness (QED) is 0.129. The molecule has 15 nitrogen and oxygen atoms in total. The number of oxime groups is 1. The number of nitrogens with one attached hydrogen (secondary N) is 1. The van der Waals surface area contributed by atoms with Gasteiger partial charge in [0.2, 0.25) is 6.10 Å². The van der Waals surface area contributed by atoms with E-state index in [0.29, 0.717) is 4.90 Å². The molecule has 3 aliphatic heterocycles. The summed E-state index contributed by atoms with van der Waals surface area (Å²) >= 11 is 6.83. The highest BCUT2D eigenvalue weighted by Gasteiger charge is 2.73. The molecule has 3 aliphatic rings. The first-order valence-electron chi connectivity index (χ1n) is 9.73. The molecule has 35 heavy (non-hydrogen) atoms. The highest BCUT2D eigenvalue weighted by Crippen LogP contribution is 2.47. The summed E-state index contributed by atoms with van der Waals surface area (Å²) in [6.45, 7) is 1.14. The fraction of sp³-hybridized carbons (Fsp3) is 0.471. The van der Waals surface area contributed by atoms with Gasteiger partial charge in [-0.05, 0) is 6.92 Å². The molecule has 0 aliphatic carbocycles. The first-order chi connectivity index (χ1) is 16.4. The number of hydrogen-bond donors (Lipinski definition) is 4. The van der Waals surface area contributed by atoms with E-state index < -0.39 is 75.4 Å².